The fraction of sp³-hybridized carbons (Fsp3) is 0.636. The lowest BCUT2D eigenvalue weighted by atomic mass is 10.3. The van der Waals surface area contributed by atoms with E-state index in [0.29, 0.717) is 18.3 Å². The van der Waals surface area contributed by atoms with Gasteiger partial charge in [-0.25, -0.2) is 18.2 Å². The molecule has 1 aromatic heterocycles. The first kappa shape index (κ1) is 15.7. The molecule has 1 saturated heterocycles. The van der Waals surface area contributed by atoms with Crippen LogP contribution in [0.5, 0.6) is 0 Å². The van der Waals surface area contributed by atoms with E-state index in [1.165, 1.54) is 16.9 Å². The SMILES string of the molecule is CCC1CN(S(=O)(=O)c2scnc2C(=O)OC)CCS1. The van der Waals surface area contributed by atoms with Crippen LogP contribution >= 0.6 is 23.1 Å². The average molecular weight is 336 g/mol. The second-order valence-electron chi connectivity index (χ2n) is 4.24. The van der Waals surface area contributed by atoms with Gasteiger partial charge in [-0.15, -0.1) is 11.3 Å². The number of thiazole rings is 1. The van der Waals surface area contributed by atoms with Crippen LogP contribution in [0.2, 0.25) is 0 Å². The van der Waals surface area contributed by atoms with Crippen molar-refractivity contribution in [3.8, 4) is 0 Å². The van der Waals surface area contributed by atoms with Crippen LogP contribution in [0.3, 0.4) is 0 Å². The molecule has 0 bridgehead atoms. The van der Waals surface area contributed by atoms with Gasteiger partial charge in [0.1, 0.15) is 0 Å². The summed E-state index contributed by atoms with van der Waals surface area (Å²) in [4.78, 5) is 15.4. The van der Waals surface area contributed by atoms with Gasteiger partial charge in [-0.2, -0.15) is 16.1 Å². The van der Waals surface area contributed by atoms with E-state index >= 15 is 0 Å². The maximum atomic E-state index is 12.6. The summed E-state index contributed by atoms with van der Waals surface area (Å²) in [7, 11) is -2.46. The first-order chi connectivity index (χ1) is 9.50. The van der Waals surface area contributed by atoms with E-state index in [-0.39, 0.29) is 9.90 Å². The Morgan fingerprint density at radius 2 is 2.35 bits per heavy atom. The summed E-state index contributed by atoms with van der Waals surface area (Å²) in [5, 5.41) is 0.299. The van der Waals surface area contributed by atoms with Crippen molar-refractivity contribution in [2.24, 2.45) is 0 Å². The second kappa shape index (κ2) is 6.42. The number of carbonyl (C=O) groups excluding carboxylic acids is 1. The second-order valence-corrected chi connectivity index (χ2v) is 8.64. The molecule has 0 amide bonds. The Hall–Kier alpha value is -0.640. The zero-order chi connectivity index (χ0) is 14.8. The van der Waals surface area contributed by atoms with Crippen LogP contribution in [-0.4, -0.2) is 54.9 Å². The Morgan fingerprint density at radius 3 is 3.00 bits per heavy atom. The lowest BCUT2D eigenvalue weighted by Gasteiger charge is -2.30. The number of hydrogen-bond acceptors (Lipinski definition) is 7. The van der Waals surface area contributed by atoms with Gasteiger partial charge in [-0.3, -0.25) is 0 Å². The molecule has 6 nitrogen and oxygen atoms in total. The van der Waals surface area contributed by atoms with E-state index in [9.17, 15) is 13.2 Å². The van der Waals surface area contributed by atoms with Gasteiger partial charge in [0.2, 0.25) is 0 Å². The molecule has 0 aromatic carbocycles. The molecule has 0 N–H and O–H groups in total. The van der Waals surface area contributed by atoms with E-state index in [2.05, 4.69) is 9.72 Å². The predicted octanol–water partition coefficient (Wildman–Crippen LogP) is 1.45. The molecular formula is C11H16N2O4S3. The third kappa shape index (κ3) is 3.00. The van der Waals surface area contributed by atoms with Crippen molar-refractivity contribution in [2.45, 2.75) is 22.8 Å². The van der Waals surface area contributed by atoms with Crippen molar-refractivity contribution in [1.29, 1.82) is 0 Å². The number of esters is 1. The zero-order valence-corrected chi connectivity index (χ0v) is 13.7. The van der Waals surface area contributed by atoms with Crippen LogP contribution < -0.4 is 0 Å². The number of nitrogens with zero attached hydrogens (tertiary/aromatic N) is 2. The molecule has 112 valence electrons. The third-order valence-electron chi connectivity index (χ3n) is 3.04. The fourth-order valence-corrected chi connectivity index (χ4v) is 6.07. The van der Waals surface area contributed by atoms with Crippen LogP contribution in [-0.2, 0) is 14.8 Å². The van der Waals surface area contributed by atoms with Crippen LogP contribution in [0.25, 0.3) is 0 Å². The highest BCUT2D eigenvalue weighted by Gasteiger charge is 2.34. The summed E-state index contributed by atoms with van der Waals surface area (Å²) in [6.07, 6.45) is 0.920. The predicted molar refractivity (Wildman–Crippen MR) is 78.7 cm³/mol. The molecule has 20 heavy (non-hydrogen) atoms. The number of methoxy groups -OCH3 is 1. The highest BCUT2D eigenvalue weighted by molar-refractivity contribution is 8.00. The molecule has 1 aromatic rings. The van der Waals surface area contributed by atoms with Gasteiger partial charge in [0.25, 0.3) is 10.0 Å². The van der Waals surface area contributed by atoms with Crippen molar-refractivity contribution < 1.29 is 17.9 Å². The molecule has 1 aliphatic heterocycles. The normalized spacial score (nSPS) is 20.8. The molecule has 0 spiro atoms. The number of rotatable bonds is 4. The summed E-state index contributed by atoms with van der Waals surface area (Å²) < 4.78 is 31.3. The fourth-order valence-electron chi connectivity index (χ4n) is 1.93. The smallest absolute Gasteiger partial charge is 0.358 e. The monoisotopic (exact) mass is 336 g/mol. The quantitative estimate of drug-likeness (QED) is 0.775. The molecule has 1 aliphatic rings. The summed E-state index contributed by atoms with van der Waals surface area (Å²) in [6.45, 7) is 2.98. The minimum Gasteiger partial charge on any atom is -0.464 e. The maximum absolute atomic E-state index is 12.6. The van der Waals surface area contributed by atoms with E-state index < -0.39 is 16.0 Å². The zero-order valence-electron chi connectivity index (χ0n) is 11.2. The van der Waals surface area contributed by atoms with Crippen LogP contribution in [0, 0.1) is 0 Å². The number of ether oxygens (including phenoxy) is 1. The summed E-state index contributed by atoms with van der Waals surface area (Å²) in [5.74, 6) is 0.0487. The van der Waals surface area contributed by atoms with Crippen molar-refractivity contribution in [3.05, 3.63) is 11.2 Å². The molecule has 1 unspecified atom stereocenters. The van der Waals surface area contributed by atoms with Crippen LogP contribution in [0.4, 0.5) is 0 Å². The summed E-state index contributed by atoms with van der Waals surface area (Å²) in [6, 6.07) is 0. The molecular weight excluding hydrogens is 320 g/mol. The highest BCUT2D eigenvalue weighted by atomic mass is 32.2. The van der Waals surface area contributed by atoms with E-state index in [4.69, 9.17) is 0 Å². The Morgan fingerprint density at radius 1 is 1.60 bits per heavy atom. The minimum absolute atomic E-state index is 0.0221. The Kier molecular flexibility index (Phi) is 5.05. The van der Waals surface area contributed by atoms with Gasteiger partial charge in [-0.05, 0) is 6.42 Å². The number of sulfonamides is 1. The molecule has 1 fully saturated rings. The Labute approximate surface area is 126 Å². The van der Waals surface area contributed by atoms with Gasteiger partial charge in [0.05, 0.1) is 12.6 Å². The van der Waals surface area contributed by atoms with Crippen LogP contribution in [0.15, 0.2) is 9.72 Å². The Bertz CT molecular complexity index is 584. The number of thioether (sulfide) groups is 1. The van der Waals surface area contributed by atoms with Gasteiger partial charge < -0.3 is 4.74 Å². The molecule has 0 saturated carbocycles. The largest absolute Gasteiger partial charge is 0.464 e. The number of aromatic nitrogens is 1. The highest BCUT2D eigenvalue weighted by Crippen LogP contribution is 2.29. The van der Waals surface area contributed by atoms with Crippen molar-refractivity contribution >= 4 is 39.1 Å². The van der Waals surface area contributed by atoms with Gasteiger partial charge >= 0.3 is 5.97 Å². The maximum Gasteiger partial charge on any atom is 0.358 e. The number of carbonyl (C=O) groups is 1. The molecule has 2 heterocycles. The van der Waals surface area contributed by atoms with Crippen molar-refractivity contribution in [1.82, 2.24) is 9.29 Å². The van der Waals surface area contributed by atoms with E-state index in [1.54, 1.807) is 11.8 Å². The topological polar surface area (TPSA) is 76.6 Å². The Balaban J connectivity index is 2.31. The molecule has 0 radical (unpaired) electrons. The average Bonchev–Trinajstić information content (AvgIpc) is 2.96. The summed E-state index contributed by atoms with van der Waals surface area (Å²) >= 11 is 2.74. The molecule has 0 aliphatic carbocycles. The van der Waals surface area contributed by atoms with Crippen molar-refractivity contribution in [3.63, 3.8) is 0 Å². The third-order valence-corrected chi connectivity index (χ3v) is 7.63. The number of hydrogen-bond donors (Lipinski definition) is 0. The molecule has 9 heteroatoms. The molecule has 2 rings (SSSR count). The minimum atomic E-state index is -3.67. The standard InChI is InChI=1S/C11H16N2O4S3/c1-3-8-6-13(4-5-18-8)20(15,16)11-9(10(14)17-2)12-7-19-11/h7-8H,3-6H2,1-2H3. The summed E-state index contributed by atoms with van der Waals surface area (Å²) in [5.41, 5.74) is 1.23. The first-order valence-electron chi connectivity index (χ1n) is 6.14. The first-order valence-corrected chi connectivity index (χ1v) is 9.51. The van der Waals surface area contributed by atoms with Gasteiger partial charge in [0, 0.05) is 24.1 Å². The lowest BCUT2D eigenvalue weighted by molar-refractivity contribution is 0.0590. The molecule has 1 atom stereocenters. The lowest BCUT2D eigenvalue weighted by Crippen LogP contribution is -2.41. The van der Waals surface area contributed by atoms with E-state index in [1.807, 2.05) is 6.92 Å². The van der Waals surface area contributed by atoms with Gasteiger partial charge in [-0.1, -0.05) is 6.92 Å². The van der Waals surface area contributed by atoms with Gasteiger partial charge in [0.15, 0.2) is 9.90 Å². The van der Waals surface area contributed by atoms with Crippen molar-refractivity contribution in [2.75, 3.05) is 26.0 Å². The van der Waals surface area contributed by atoms with E-state index in [0.717, 1.165) is 23.5 Å². The van der Waals surface area contributed by atoms with Crippen LogP contribution in [0.1, 0.15) is 23.8 Å².